The molecule has 5 nitrogen and oxygen atoms in total. The van der Waals surface area contributed by atoms with E-state index in [1.807, 2.05) is 0 Å². The third-order valence-electron chi connectivity index (χ3n) is 1.19. The van der Waals surface area contributed by atoms with E-state index < -0.39 is 10.3 Å². The van der Waals surface area contributed by atoms with Crippen LogP contribution in [0.3, 0.4) is 0 Å². The molecule has 0 aliphatic heterocycles. The fraction of sp³-hybridized carbons (Fsp3) is 0. The predicted octanol–water partition coefficient (Wildman–Crippen LogP) is -0.846. The Balaban J connectivity index is 3.20. The van der Waals surface area contributed by atoms with Crippen molar-refractivity contribution in [1.29, 1.82) is 5.26 Å². The van der Waals surface area contributed by atoms with E-state index in [4.69, 9.17) is 5.26 Å². The van der Waals surface area contributed by atoms with Gasteiger partial charge in [0.1, 0.15) is 0 Å². The first-order chi connectivity index (χ1) is 5.54. The van der Waals surface area contributed by atoms with Gasteiger partial charge in [0.2, 0.25) is 0 Å². The molecule has 0 radical (unpaired) electrons. The molecule has 6 heteroatoms. The van der Waals surface area contributed by atoms with Crippen molar-refractivity contribution >= 4 is 10.3 Å². The summed E-state index contributed by atoms with van der Waals surface area (Å²) < 4.78 is 31.6. The summed E-state index contributed by atoms with van der Waals surface area (Å²) in [5, 5.41) is 8.34. The molecule has 12 heavy (non-hydrogen) atoms. The van der Waals surface area contributed by atoms with Crippen molar-refractivity contribution in [3.63, 3.8) is 0 Å². The quantitative estimate of drug-likeness (QED) is 0.420. The van der Waals surface area contributed by atoms with Gasteiger partial charge >= 0.3 is 10.3 Å². The molecule has 62 valence electrons. The van der Waals surface area contributed by atoms with E-state index in [0.29, 0.717) is 9.54 Å². The summed E-state index contributed by atoms with van der Waals surface area (Å²) in [5.41, 5.74) is 0.301. The van der Waals surface area contributed by atoms with Gasteiger partial charge in [-0.25, -0.2) is 0 Å². The molecule has 0 aliphatic carbocycles. The summed E-state index contributed by atoms with van der Waals surface area (Å²) in [6.07, 6.45) is 2.06. The van der Waals surface area contributed by atoms with Gasteiger partial charge in [0.05, 0.1) is 11.6 Å². The zero-order valence-electron chi connectivity index (χ0n) is 5.84. The van der Waals surface area contributed by atoms with Crippen LogP contribution in [0.1, 0.15) is 5.56 Å². The summed E-state index contributed by atoms with van der Waals surface area (Å²) in [6.45, 7) is 0. The number of rotatable bonds is 1. The molecule has 0 aliphatic rings. The highest BCUT2D eigenvalue weighted by Gasteiger charge is 2.06. The first-order valence-corrected chi connectivity index (χ1v) is 4.28. The highest BCUT2D eigenvalue weighted by Crippen LogP contribution is 1.91. The van der Waals surface area contributed by atoms with Gasteiger partial charge in [-0.15, -0.1) is 3.97 Å². The third kappa shape index (κ3) is 1.78. The van der Waals surface area contributed by atoms with E-state index in [2.05, 4.69) is 0 Å². The van der Waals surface area contributed by atoms with Crippen molar-refractivity contribution in [2.75, 3.05) is 0 Å². The van der Waals surface area contributed by atoms with E-state index in [1.165, 1.54) is 12.1 Å². The zero-order valence-corrected chi connectivity index (χ0v) is 6.65. The topological polar surface area (TPSA) is 84.9 Å². The van der Waals surface area contributed by atoms with Crippen molar-refractivity contribution in [3.8, 4) is 6.07 Å². The van der Waals surface area contributed by atoms with E-state index in [9.17, 15) is 13.0 Å². The number of nitrogens with zero attached hydrogens (tertiary/aromatic N) is 2. The van der Waals surface area contributed by atoms with Gasteiger partial charge in [-0.05, 0) is 0 Å². The lowest BCUT2D eigenvalue weighted by atomic mass is 10.3. The first kappa shape index (κ1) is 8.64. The van der Waals surface area contributed by atoms with Gasteiger partial charge in [0.25, 0.3) is 0 Å². The normalized spacial score (nSPS) is 10.7. The summed E-state index contributed by atoms with van der Waals surface area (Å²) in [4.78, 5) is 0. The minimum absolute atomic E-state index is 0.301. The molecule has 0 bridgehead atoms. The maximum Gasteiger partial charge on any atom is 0.329 e. The monoisotopic (exact) mass is 184 g/mol. The van der Waals surface area contributed by atoms with Gasteiger partial charge in [0.15, 0.2) is 12.4 Å². The Morgan fingerprint density at radius 1 is 1.42 bits per heavy atom. The average Bonchev–Trinajstić information content (AvgIpc) is 2.03. The second kappa shape index (κ2) is 2.89. The molecule has 1 aromatic rings. The molecule has 0 amide bonds. The zero-order chi connectivity index (χ0) is 9.19. The van der Waals surface area contributed by atoms with Crippen molar-refractivity contribution in [2.24, 2.45) is 0 Å². The summed E-state index contributed by atoms with van der Waals surface area (Å²) in [7, 11) is -4.47. The Bertz CT molecular complexity index is 415. The standard InChI is InChI=1S/C6H4N2O3S/c7-5-6-1-3-8(4-2-6)12(9,10)11/h1-4H. The lowest BCUT2D eigenvalue weighted by molar-refractivity contribution is -0.519. The molecule has 0 saturated heterocycles. The average molecular weight is 184 g/mol. The summed E-state index contributed by atoms with van der Waals surface area (Å²) in [6, 6.07) is 4.29. The molecular formula is C6H4N2O3S. The Hall–Kier alpha value is -1.45. The highest BCUT2D eigenvalue weighted by molar-refractivity contribution is 7.78. The largest absolute Gasteiger partial charge is 0.693 e. The number of hydrogen-bond acceptors (Lipinski definition) is 4. The maximum absolute atomic E-state index is 10.4. The minimum atomic E-state index is -4.47. The molecule has 0 saturated carbocycles. The van der Waals surface area contributed by atoms with Crippen LogP contribution in [0.4, 0.5) is 0 Å². The van der Waals surface area contributed by atoms with Gasteiger partial charge in [-0.2, -0.15) is 13.7 Å². The van der Waals surface area contributed by atoms with Crippen LogP contribution >= 0.6 is 0 Å². The third-order valence-corrected chi connectivity index (χ3v) is 1.95. The van der Waals surface area contributed by atoms with Crippen molar-refractivity contribution in [1.82, 2.24) is 0 Å². The van der Waals surface area contributed by atoms with Crippen LogP contribution in [0.2, 0.25) is 0 Å². The SMILES string of the molecule is N#Cc1cc[n+](S(=O)(=O)[O-])cc1. The Morgan fingerprint density at radius 2 is 1.92 bits per heavy atom. The fourth-order valence-electron chi connectivity index (χ4n) is 0.636. The van der Waals surface area contributed by atoms with Gasteiger partial charge in [-0.1, -0.05) is 0 Å². The van der Waals surface area contributed by atoms with Crippen molar-refractivity contribution < 1.29 is 16.9 Å². The molecule has 1 rings (SSSR count). The highest BCUT2D eigenvalue weighted by atomic mass is 32.2. The molecule has 0 unspecified atom stereocenters. The Morgan fingerprint density at radius 3 is 2.25 bits per heavy atom. The van der Waals surface area contributed by atoms with Crippen LogP contribution in [-0.2, 0) is 10.3 Å². The maximum atomic E-state index is 10.4. The van der Waals surface area contributed by atoms with Gasteiger partial charge < -0.3 is 4.55 Å². The molecular weight excluding hydrogens is 180 g/mol. The number of nitriles is 1. The summed E-state index contributed by atoms with van der Waals surface area (Å²) in [5.74, 6) is 0. The molecule has 0 aromatic carbocycles. The number of pyridine rings is 1. The molecule has 0 atom stereocenters. The molecule has 1 heterocycles. The summed E-state index contributed by atoms with van der Waals surface area (Å²) >= 11 is 0. The van der Waals surface area contributed by atoms with Crippen LogP contribution in [-0.4, -0.2) is 13.0 Å². The van der Waals surface area contributed by atoms with E-state index in [0.717, 1.165) is 12.4 Å². The van der Waals surface area contributed by atoms with Crippen LogP contribution in [0.5, 0.6) is 0 Å². The number of aromatic nitrogens is 1. The first-order valence-electron chi connectivity index (χ1n) is 2.92. The Labute approximate surface area is 69.4 Å². The number of hydrogen-bond donors (Lipinski definition) is 0. The predicted molar refractivity (Wildman–Crippen MR) is 36.4 cm³/mol. The van der Waals surface area contributed by atoms with Crippen LogP contribution < -0.4 is 3.97 Å². The van der Waals surface area contributed by atoms with E-state index in [1.54, 1.807) is 6.07 Å². The smallest absolute Gasteiger partial charge is 0.329 e. The van der Waals surface area contributed by atoms with Gasteiger partial charge in [-0.3, -0.25) is 0 Å². The second-order valence-corrected chi connectivity index (χ2v) is 3.26. The van der Waals surface area contributed by atoms with Crippen LogP contribution in [0.25, 0.3) is 0 Å². The second-order valence-electron chi connectivity index (χ2n) is 1.99. The lowest BCUT2D eigenvalue weighted by Gasteiger charge is -1.98. The van der Waals surface area contributed by atoms with E-state index in [-0.39, 0.29) is 0 Å². The lowest BCUT2D eigenvalue weighted by Crippen LogP contribution is -2.41. The van der Waals surface area contributed by atoms with E-state index >= 15 is 0 Å². The van der Waals surface area contributed by atoms with Gasteiger partial charge in [0, 0.05) is 12.1 Å². The minimum Gasteiger partial charge on any atom is -0.693 e. The van der Waals surface area contributed by atoms with Crippen LogP contribution in [0.15, 0.2) is 24.5 Å². The molecule has 0 fully saturated rings. The molecule has 0 N–H and O–H groups in total. The Kier molecular flexibility index (Phi) is 2.08. The van der Waals surface area contributed by atoms with Crippen LogP contribution in [0, 0.1) is 11.3 Å². The fourth-order valence-corrected chi connectivity index (χ4v) is 1.06. The van der Waals surface area contributed by atoms with Crippen molar-refractivity contribution in [2.45, 2.75) is 0 Å². The van der Waals surface area contributed by atoms with Crippen molar-refractivity contribution in [3.05, 3.63) is 30.1 Å². The molecule has 1 aromatic heterocycles. The molecule has 0 spiro atoms.